The van der Waals surface area contributed by atoms with Crippen molar-refractivity contribution >= 4 is 11.7 Å². The van der Waals surface area contributed by atoms with Gasteiger partial charge in [-0.15, -0.1) is 0 Å². The maximum atomic E-state index is 11.4. The number of nitrogen functional groups attached to an aromatic ring is 1. The number of nitrogens with one attached hydrogen (secondary N) is 1. The zero-order valence-electron chi connectivity index (χ0n) is 9.02. The number of hydrogen-bond acceptors (Lipinski definition) is 6. The lowest BCUT2D eigenvalue weighted by Gasteiger charge is -2.04. The number of hydrogen-bond donors (Lipinski definition) is 2. The zero-order valence-corrected chi connectivity index (χ0v) is 9.02. The van der Waals surface area contributed by atoms with Crippen LogP contribution in [0.1, 0.15) is 17.4 Å². The summed E-state index contributed by atoms with van der Waals surface area (Å²) in [6.07, 6.45) is 0. The van der Waals surface area contributed by atoms with E-state index < -0.39 is 5.91 Å². The second kappa shape index (κ2) is 5.86. The molecule has 0 atom stereocenters. The fourth-order valence-corrected chi connectivity index (χ4v) is 0.920. The molecule has 0 saturated carbocycles. The van der Waals surface area contributed by atoms with Crippen molar-refractivity contribution in [1.29, 1.82) is 0 Å². The van der Waals surface area contributed by atoms with Crippen molar-refractivity contribution in [1.82, 2.24) is 15.6 Å². The number of aromatic nitrogens is 2. The van der Waals surface area contributed by atoms with E-state index in [1.807, 2.05) is 6.92 Å². The summed E-state index contributed by atoms with van der Waals surface area (Å²) >= 11 is 0. The van der Waals surface area contributed by atoms with E-state index >= 15 is 0 Å². The number of carbonyl (C=O) groups excluding carboxylic acids is 1. The van der Waals surface area contributed by atoms with Crippen molar-refractivity contribution in [3.63, 3.8) is 0 Å². The molecule has 0 aliphatic rings. The van der Waals surface area contributed by atoms with E-state index in [0.717, 1.165) is 5.57 Å². The molecule has 0 bridgehead atoms. The molecule has 1 aromatic rings. The van der Waals surface area contributed by atoms with Gasteiger partial charge >= 0.3 is 0 Å². The van der Waals surface area contributed by atoms with E-state index in [9.17, 15) is 4.79 Å². The molecule has 0 aliphatic heterocycles. The van der Waals surface area contributed by atoms with Crippen LogP contribution in [-0.2, 0) is 4.74 Å². The van der Waals surface area contributed by atoms with E-state index in [2.05, 4.69) is 26.8 Å². The number of amides is 1. The molecule has 0 saturated heterocycles. The summed E-state index contributed by atoms with van der Waals surface area (Å²) in [4.78, 5) is 11.4. The number of ether oxygens (including phenoxy) is 1. The van der Waals surface area contributed by atoms with Crippen LogP contribution >= 0.6 is 0 Å². The lowest BCUT2D eigenvalue weighted by Crippen LogP contribution is -2.28. The molecule has 0 spiro atoms. The van der Waals surface area contributed by atoms with Crippen LogP contribution in [0, 0.1) is 0 Å². The highest BCUT2D eigenvalue weighted by atomic mass is 16.6. The first kappa shape index (κ1) is 12.2. The summed E-state index contributed by atoms with van der Waals surface area (Å²) in [5, 5.41) is 9.22. The molecule has 0 radical (unpaired) electrons. The highest BCUT2D eigenvalue weighted by molar-refractivity contribution is 5.95. The van der Waals surface area contributed by atoms with Crippen molar-refractivity contribution in [3.05, 3.63) is 17.8 Å². The molecular weight excluding hydrogens is 212 g/mol. The molecule has 0 aliphatic carbocycles. The van der Waals surface area contributed by atoms with Gasteiger partial charge in [0.15, 0.2) is 0 Å². The molecule has 0 unspecified atom stereocenters. The van der Waals surface area contributed by atoms with Crippen LogP contribution in [0.3, 0.4) is 0 Å². The Kier molecular flexibility index (Phi) is 4.46. The fourth-order valence-electron chi connectivity index (χ4n) is 0.920. The normalized spacial score (nSPS) is 10.1. The largest absolute Gasteiger partial charge is 0.379 e. The number of nitrogens with two attached hydrogens (primary N) is 1. The van der Waals surface area contributed by atoms with E-state index in [1.165, 1.54) is 0 Å². The summed E-state index contributed by atoms with van der Waals surface area (Å²) in [7, 11) is 0. The summed E-state index contributed by atoms with van der Waals surface area (Å²) in [6.45, 7) is 6.77. The van der Waals surface area contributed by atoms with Gasteiger partial charge in [0.1, 0.15) is 0 Å². The first-order valence-corrected chi connectivity index (χ1v) is 4.69. The lowest BCUT2D eigenvalue weighted by molar-refractivity contribution is 0.0917. The molecule has 16 heavy (non-hydrogen) atoms. The van der Waals surface area contributed by atoms with Crippen LogP contribution < -0.4 is 11.1 Å². The fraction of sp³-hybridized carbons (Fsp3) is 0.444. The van der Waals surface area contributed by atoms with Gasteiger partial charge in [-0.3, -0.25) is 4.79 Å². The van der Waals surface area contributed by atoms with Crippen LogP contribution in [0.25, 0.3) is 0 Å². The molecule has 1 aromatic heterocycles. The van der Waals surface area contributed by atoms with Crippen molar-refractivity contribution in [2.45, 2.75) is 6.92 Å². The van der Waals surface area contributed by atoms with E-state index in [1.54, 1.807) is 0 Å². The average molecular weight is 226 g/mol. The molecule has 88 valence electrons. The quantitative estimate of drug-likeness (QED) is 0.521. The van der Waals surface area contributed by atoms with E-state index in [0.29, 0.717) is 19.8 Å². The van der Waals surface area contributed by atoms with Crippen LogP contribution in [0.2, 0.25) is 0 Å². The van der Waals surface area contributed by atoms with Crippen LogP contribution in [0.4, 0.5) is 5.82 Å². The third-order valence-corrected chi connectivity index (χ3v) is 1.61. The predicted molar refractivity (Wildman–Crippen MR) is 56.7 cm³/mol. The smallest absolute Gasteiger partial charge is 0.277 e. The second-order valence-electron chi connectivity index (χ2n) is 3.26. The maximum Gasteiger partial charge on any atom is 0.277 e. The first-order valence-electron chi connectivity index (χ1n) is 4.69. The van der Waals surface area contributed by atoms with Crippen molar-refractivity contribution in [2.24, 2.45) is 0 Å². The monoisotopic (exact) mass is 226 g/mol. The number of rotatable bonds is 6. The Hall–Kier alpha value is -1.89. The SMILES string of the molecule is C=C(C)COCCNC(=O)c1nonc1N. The van der Waals surface area contributed by atoms with Gasteiger partial charge in [-0.1, -0.05) is 12.2 Å². The third kappa shape index (κ3) is 3.70. The minimum absolute atomic E-state index is 0.0140. The molecule has 3 N–H and O–H groups in total. The van der Waals surface area contributed by atoms with Crippen molar-refractivity contribution in [2.75, 3.05) is 25.5 Å². The van der Waals surface area contributed by atoms with Gasteiger partial charge < -0.3 is 15.8 Å². The summed E-state index contributed by atoms with van der Waals surface area (Å²) in [5.74, 6) is -0.460. The molecule has 1 rings (SSSR count). The minimum atomic E-state index is -0.433. The predicted octanol–water partition coefficient (Wildman–Crippen LogP) is -0.0257. The van der Waals surface area contributed by atoms with Gasteiger partial charge in [-0.2, -0.15) is 0 Å². The Balaban J connectivity index is 2.21. The van der Waals surface area contributed by atoms with Crippen molar-refractivity contribution in [3.8, 4) is 0 Å². The van der Waals surface area contributed by atoms with E-state index in [-0.39, 0.29) is 11.5 Å². The molecule has 0 fully saturated rings. The standard InChI is InChI=1S/C9H14N4O3/c1-6(2)5-15-4-3-11-9(14)7-8(10)13-16-12-7/h1,3-5H2,2H3,(H2,10,13)(H,11,14). The maximum absolute atomic E-state index is 11.4. The van der Waals surface area contributed by atoms with E-state index in [4.69, 9.17) is 10.5 Å². The highest BCUT2D eigenvalue weighted by Gasteiger charge is 2.14. The zero-order chi connectivity index (χ0) is 12.0. The summed E-state index contributed by atoms with van der Waals surface area (Å²) < 4.78 is 9.48. The van der Waals surface area contributed by atoms with Crippen LogP contribution in [0.15, 0.2) is 16.8 Å². The molecular formula is C9H14N4O3. The first-order chi connectivity index (χ1) is 7.61. The van der Waals surface area contributed by atoms with Gasteiger partial charge in [-0.25, -0.2) is 4.63 Å². The van der Waals surface area contributed by atoms with Crippen molar-refractivity contribution < 1.29 is 14.2 Å². The second-order valence-corrected chi connectivity index (χ2v) is 3.26. The summed E-state index contributed by atoms with van der Waals surface area (Å²) in [6, 6.07) is 0. The van der Waals surface area contributed by atoms with Gasteiger partial charge in [0.05, 0.1) is 13.2 Å². The van der Waals surface area contributed by atoms with Gasteiger partial charge in [0, 0.05) is 6.54 Å². The van der Waals surface area contributed by atoms with Gasteiger partial charge in [0.2, 0.25) is 11.5 Å². The summed E-state index contributed by atoms with van der Waals surface area (Å²) in [5.41, 5.74) is 6.25. The van der Waals surface area contributed by atoms with Crippen LogP contribution in [-0.4, -0.2) is 36.0 Å². The van der Waals surface area contributed by atoms with Crippen LogP contribution in [0.5, 0.6) is 0 Å². The minimum Gasteiger partial charge on any atom is -0.379 e. The third-order valence-electron chi connectivity index (χ3n) is 1.61. The molecule has 7 nitrogen and oxygen atoms in total. The Morgan fingerprint density at radius 3 is 2.94 bits per heavy atom. The topological polar surface area (TPSA) is 103 Å². The number of anilines is 1. The highest BCUT2D eigenvalue weighted by Crippen LogP contribution is 2.02. The van der Waals surface area contributed by atoms with Gasteiger partial charge in [0.25, 0.3) is 5.91 Å². The number of nitrogens with zero attached hydrogens (tertiary/aromatic N) is 2. The number of carbonyl (C=O) groups is 1. The Labute approximate surface area is 92.6 Å². The Morgan fingerprint density at radius 1 is 1.62 bits per heavy atom. The Morgan fingerprint density at radius 2 is 2.38 bits per heavy atom. The molecule has 1 amide bonds. The molecule has 1 heterocycles. The van der Waals surface area contributed by atoms with Gasteiger partial charge in [-0.05, 0) is 17.2 Å². The molecule has 7 heteroatoms. The molecule has 0 aromatic carbocycles. The average Bonchev–Trinajstić information content (AvgIpc) is 2.63. The lowest BCUT2D eigenvalue weighted by atomic mass is 10.4. The Bertz CT molecular complexity index is 375.